The van der Waals surface area contributed by atoms with Crippen LogP contribution >= 0.6 is 0 Å². The average molecular weight is 215 g/mol. The SMILES string of the molecule is CC.Cc1nc(C)nc(-c2ccccc2)n1. The van der Waals surface area contributed by atoms with Gasteiger partial charge in [0.1, 0.15) is 11.6 Å². The molecular weight excluding hydrogens is 198 g/mol. The monoisotopic (exact) mass is 215 g/mol. The summed E-state index contributed by atoms with van der Waals surface area (Å²) in [4.78, 5) is 12.7. The third-order valence-electron chi connectivity index (χ3n) is 1.89. The minimum absolute atomic E-state index is 0.746. The van der Waals surface area contributed by atoms with Crippen molar-refractivity contribution in [3.8, 4) is 11.4 Å². The van der Waals surface area contributed by atoms with Gasteiger partial charge in [0.15, 0.2) is 5.82 Å². The number of nitrogens with zero attached hydrogens (tertiary/aromatic N) is 3. The number of benzene rings is 1. The molecule has 0 amide bonds. The van der Waals surface area contributed by atoms with Crippen molar-refractivity contribution < 1.29 is 0 Å². The summed E-state index contributed by atoms with van der Waals surface area (Å²) in [6.07, 6.45) is 0. The molecular formula is C13H17N3. The molecule has 0 saturated carbocycles. The van der Waals surface area contributed by atoms with E-state index in [9.17, 15) is 0 Å². The van der Waals surface area contributed by atoms with Crippen molar-refractivity contribution in [3.63, 3.8) is 0 Å². The molecule has 2 rings (SSSR count). The van der Waals surface area contributed by atoms with Crippen LogP contribution in [-0.4, -0.2) is 15.0 Å². The first-order valence-corrected chi connectivity index (χ1v) is 5.50. The summed E-state index contributed by atoms with van der Waals surface area (Å²) in [5.41, 5.74) is 1.03. The van der Waals surface area contributed by atoms with Gasteiger partial charge in [0.05, 0.1) is 0 Å². The van der Waals surface area contributed by atoms with E-state index in [0.717, 1.165) is 23.0 Å². The van der Waals surface area contributed by atoms with Crippen LogP contribution in [0, 0.1) is 13.8 Å². The summed E-state index contributed by atoms with van der Waals surface area (Å²) in [7, 11) is 0. The molecule has 16 heavy (non-hydrogen) atoms. The fraction of sp³-hybridized carbons (Fsp3) is 0.308. The van der Waals surface area contributed by atoms with Crippen molar-refractivity contribution in [3.05, 3.63) is 42.0 Å². The molecule has 0 saturated heterocycles. The van der Waals surface area contributed by atoms with Gasteiger partial charge in [0, 0.05) is 5.56 Å². The molecule has 0 atom stereocenters. The molecule has 0 N–H and O–H groups in total. The highest BCUT2D eigenvalue weighted by molar-refractivity contribution is 5.54. The second-order valence-corrected chi connectivity index (χ2v) is 3.12. The molecule has 0 fully saturated rings. The van der Waals surface area contributed by atoms with Crippen LogP contribution in [0.25, 0.3) is 11.4 Å². The highest BCUT2D eigenvalue weighted by Crippen LogP contribution is 2.13. The van der Waals surface area contributed by atoms with Crippen molar-refractivity contribution in [1.82, 2.24) is 15.0 Å². The molecule has 3 heteroatoms. The van der Waals surface area contributed by atoms with Gasteiger partial charge >= 0.3 is 0 Å². The largest absolute Gasteiger partial charge is 0.219 e. The van der Waals surface area contributed by atoms with Crippen LogP contribution in [0.4, 0.5) is 0 Å². The Balaban J connectivity index is 0.000000606. The maximum Gasteiger partial charge on any atom is 0.163 e. The quantitative estimate of drug-likeness (QED) is 0.733. The first kappa shape index (κ1) is 12.3. The number of hydrogen-bond donors (Lipinski definition) is 0. The average Bonchev–Trinajstić information content (AvgIpc) is 2.32. The fourth-order valence-corrected chi connectivity index (χ4v) is 1.33. The van der Waals surface area contributed by atoms with Crippen molar-refractivity contribution in [2.24, 2.45) is 0 Å². The first-order chi connectivity index (χ1) is 7.75. The van der Waals surface area contributed by atoms with E-state index in [1.807, 2.05) is 58.0 Å². The predicted molar refractivity (Wildman–Crippen MR) is 66.1 cm³/mol. The van der Waals surface area contributed by atoms with Gasteiger partial charge in [-0.25, -0.2) is 15.0 Å². The van der Waals surface area contributed by atoms with E-state index >= 15 is 0 Å². The summed E-state index contributed by atoms with van der Waals surface area (Å²) in [5.74, 6) is 2.27. The maximum atomic E-state index is 4.28. The fourth-order valence-electron chi connectivity index (χ4n) is 1.33. The van der Waals surface area contributed by atoms with Gasteiger partial charge in [-0.3, -0.25) is 0 Å². The summed E-state index contributed by atoms with van der Waals surface area (Å²) in [5, 5.41) is 0. The third kappa shape index (κ3) is 3.12. The van der Waals surface area contributed by atoms with E-state index in [1.165, 1.54) is 0 Å². The smallest absolute Gasteiger partial charge is 0.163 e. The van der Waals surface area contributed by atoms with Gasteiger partial charge in [-0.15, -0.1) is 0 Å². The van der Waals surface area contributed by atoms with Crippen LogP contribution in [-0.2, 0) is 0 Å². The van der Waals surface area contributed by atoms with E-state index in [0.29, 0.717) is 0 Å². The lowest BCUT2D eigenvalue weighted by molar-refractivity contribution is 0.928. The normalized spacial score (nSPS) is 9.25. The predicted octanol–water partition coefficient (Wildman–Crippen LogP) is 3.18. The zero-order valence-corrected chi connectivity index (χ0v) is 10.2. The second kappa shape index (κ2) is 5.95. The van der Waals surface area contributed by atoms with Crippen LogP contribution in [0.2, 0.25) is 0 Å². The Bertz CT molecular complexity index is 418. The van der Waals surface area contributed by atoms with Crippen LogP contribution in [0.5, 0.6) is 0 Å². The summed E-state index contributed by atoms with van der Waals surface area (Å²) in [6.45, 7) is 7.75. The summed E-state index contributed by atoms with van der Waals surface area (Å²) in [6, 6.07) is 9.92. The molecule has 0 aliphatic heterocycles. The lowest BCUT2D eigenvalue weighted by atomic mass is 10.2. The minimum Gasteiger partial charge on any atom is -0.219 e. The number of hydrogen-bond acceptors (Lipinski definition) is 3. The van der Waals surface area contributed by atoms with Crippen molar-refractivity contribution >= 4 is 0 Å². The van der Waals surface area contributed by atoms with Gasteiger partial charge in [-0.1, -0.05) is 44.2 Å². The van der Waals surface area contributed by atoms with E-state index in [1.54, 1.807) is 0 Å². The van der Waals surface area contributed by atoms with Crippen molar-refractivity contribution in [2.75, 3.05) is 0 Å². The van der Waals surface area contributed by atoms with Gasteiger partial charge in [-0.05, 0) is 13.8 Å². The zero-order chi connectivity index (χ0) is 12.0. The van der Waals surface area contributed by atoms with Gasteiger partial charge in [0.25, 0.3) is 0 Å². The Morgan fingerprint density at radius 2 is 1.25 bits per heavy atom. The van der Waals surface area contributed by atoms with Gasteiger partial charge < -0.3 is 0 Å². The van der Waals surface area contributed by atoms with Crippen LogP contribution in [0.15, 0.2) is 30.3 Å². The second-order valence-electron chi connectivity index (χ2n) is 3.12. The molecule has 0 aliphatic carbocycles. The topological polar surface area (TPSA) is 38.7 Å². The number of aromatic nitrogens is 3. The highest BCUT2D eigenvalue weighted by atomic mass is 15.0. The Labute approximate surface area is 96.6 Å². The lowest BCUT2D eigenvalue weighted by Gasteiger charge is -2.01. The molecule has 0 radical (unpaired) electrons. The molecule has 2 aromatic rings. The lowest BCUT2D eigenvalue weighted by Crippen LogP contribution is -1.98. The Morgan fingerprint density at radius 3 is 1.75 bits per heavy atom. The van der Waals surface area contributed by atoms with E-state index < -0.39 is 0 Å². The molecule has 0 spiro atoms. The Morgan fingerprint density at radius 1 is 0.750 bits per heavy atom. The molecule has 84 valence electrons. The maximum absolute atomic E-state index is 4.28. The van der Waals surface area contributed by atoms with Crippen molar-refractivity contribution in [2.45, 2.75) is 27.7 Å². The molecule has 0 unspecified atom stereocenters. The van der Waals surface area contributed by atoms with Gasteiger partial charge in [-0.2, -0.15) is 0 Å². The summed E-state index contributed by atoms with van der Waals surface area (Å²) < 4.78 is 0. The molecule has 1 heterocycles. The van der Waals surface area contributed by atoms with Crippen LogP contribution in [0.1, 0.15) is 25.5 Å². The highest BCUT2D eigenvalue weighted by Gasteiger charge is 2.02. The van der Waals surface area contributed by atoms with Crippen molar-refractivity contribution in [1.29, 1.82) is 0 Å². The molecule has 0 aliphatic rings. The number of rotatable bonds is 1. The molecule has 1 aromatic heterocycles. The van der Waals surface area contributed by atoms with Crippen LogP contribution < -0.4 is 0 Å². The standard InChI is InChI=1S/C11H11N3.C2H6/c1-8-12-9(2)14-11(13-8)10-6-4-3-5-7-10;1-2/h3-7H,1-2H3;1-2H3. The van der Waals surface area contributed by atoms with Crippen LogP contribution in [0.3, 0.4) is 0 Å². The first-order valence-electron chi connectivity index (χ1n) is 5.50. The zero-order valence-electron chi connectivity index (χ0n) is 10.2. The molecule has 1 aromatic carbocycles. The number of aryl methyl sites for hydroxylation is 2. The minimum atomic E-state index is 0.746. The van der Waals surface area contributed by atoms with E-state index in [-0.39, 0.29) is 0 Å². The third-order valence-corrected chi connectivity index (χ3v) is 1.89. The Kier molecular flexibility index (Phi) is 4.58. The molecule has 0 bridgehead atoms. The Hall–Kier alpha value is -1.77. The molecule has 3 nitrogen and oxygen atoms in total. The van der Waals surface area contributed by atoms with E-state index in [4.69, 9.17) is 0 Å². The summed E-state index contributed by atoms with van der Waals surface area (Å²) >= 11 is 0. The van der Waals surface area contributed by atoms with E-state index in [2.05, 4.69) is 15.0 Å². The van der Waals surface area contributed by atoms with Gasteiger partial charge in [0.2, 0.25) is 0 Å².